The molecule has 7 heteroatoms. The third-order valence-electron chi connectivity index (χ3n) is 4.74. The number of carbonyl (C=O) groups excluding carboxylic acids is 1. The van der Waals surface area contributed by atoms with E-state index >= 15 is 0 Å². The molecular weight excluding hydrogens is 326 g/mol. The van der Waals surface area contributed by atoms with E-state index in [4.69, 9.17) is 0 Å². The molecule has 2 aromatic rings. The van der Waals surface area contributed by atoms with Crippen LogP contribution in [0.5, 0.6) is 0 Å². The van der Waals surface area contributed by atoms with Gasteiger partial charge in [-0.25, -0.2) is 18.2 Å². The highest BCUT2D eigenvalue weighted by Gasteiger charge is 2.56. The highest BCUT2D eigenvalue weighted by Crippen LogP contribution is 2.56. The molecule has 2 N–H and O–H groups in total. The number of anilines is 1. The zero-order valence-electron chi connectivity index (χ0n) is 13.1. The van der Waals surface area contributed by atoms with Crippen molar-refractivity contribution in [3.63, 3.8) is 0 Å². The molecule has 0 spiro atoms. The summed E-state index contributed by atoms with van der Waals surface area (Å²) in [5.41, 5.74) is 2.69. The molecule has 24 heavy (non-hydrogen) atoms. The number of carbonyl (C=O) groups is 1. The van der Waals surface area contributed by atoms with E-state index in [2.05, 4.69) is 27.8 Å². The number of sulfone groups is 1. The van der Waals surface area contributed by atoms with Gasteiger partial charge in [0.2, 0.25) is 0 Å². The number of hydrogen-bond acceptors (Lipinski definition) is 4. The van der Waals surface area contributed by atoms with Gasteiger partial charge in [-0.05, 0) is 35.6 Å². The molecule has 6 nitrogen and oxygen atoms in total. The maximum absolute atomic E-state index is 12.2. The van der Waals surface area contributed by atoms with Gasteiger partial charge in [0.25, 0.3) is 0 Å². The van der Waals surface area contributed by atoms with Gasteiger partial charge in [0, 0.05) is 24.4 Å². The van der Waals surface area contributed by atoms with Crippen LogP contribution in [0.1, 0.15) is 17.0 Å². The molecule has 1 fully saturated rings. The van der Waals surface area contributed by atoms with Crippen LogP contribution in [0.15, 0.2) is 47.5 Å². The van der Waals surface area contributed by atoms with Crippen LogP contribution in [-0.4, -0.2) is 31.7 Å². The van der Waals surface area contributed by atoms with Crippen LogP contribution in [0.2, 0.25) is 0 Å². The monoisotopic (exact) mass is 343 g/mol. The second-order valence-electron chi connectivity index (χ2n) is 6.37. The van der Waals surface area contributed by atoms with Crippen LogP contribution >= 0.6 is 0 Å². The molecule has 2 aliphatic rings. The Balaban J connectivity index is 1.41. The van der Waals surface area contributed by atoms with Crippen LogP contribution in [-0.2, 0) is 16.3 Å². The Morgan fingerprint density at radius 1 is 1.25 bits per heavy atom. The smallest absolute Gasteiger partial charge is 0.320 e. The summed E-state index contributed by atoms with van der Waals surface area (Å²) >= 11 is 0. The predicted octanol–water partition coefficient (Wildman–Crippen LogP) is 1.94. The standard InChI is InChI=1S/C17H17N3O3S/c1-24(22,23)11-6-7-18-14(9-11)19-17(21)20-16-13-8-10-4-2-3-5-12(10)15(13)16/h2-7,9,13,15-16H,8H2,1H3,(H2,18,19,20,21)/t13-,15+,16+/m0/s1. The summed E-state index contributed by atoms with van der Waals surface area (Å²) in [5.74, 6) is 1.08. The first kappa shape index (κ1) is 15.1. The third kappa shape index (κ3) is 2.65. The number of nitrogens with one attached hydrogen (secondary N) is 2. The van der Waals surface area contributed by atoms with Gasteiger partial charge in [0.1, 0.15) is 5.82 Å². The van der Waals surface area contributed by atoms with E-state index in [1.54, 1.807) is 0 Å². The molecule has 4 rings (SSSR count). The molecule has 3 atom stereocenters. The molecule has 0 saturated heterocycles. The van der Waals surface area contributed by atoms with Crippen molar-refractivity contribution in [3.05, 3.63) is 53.7 Å². The molecule has 0 bridgehead atoms. The second kappa shape index (κ2) is 5.31. The van der Waals surface area contributed by atoms with Crippen molar-refractivity contribution >= 4 is 21.7 Å². The largest absolute Gasteiger partial charge is 0.334 e. The van der Waals surface area contributed by atoms with Crippen molar-refractivity contribution in [2.75, 3.05) is 11.6 Å². The highest BCUT2D eigenvalue weighted by molar-refractivity contribution is 7.90. The molecule has 0 unspecified atom stereocenters. The summed E-state index contributed by atoms with van der Waals surface area (Å²) in [6.07, 6.45) is 3.48. The van der Waals surface area contributed by atoms with Crippen molar-refractivity contribution in [3.8, 4) is 0 Å². The molecule has 0 radical (unpaired) electrons. The van der Waals surface area contributed by atoms with Crippen molar-refractivity contribution in [1.82, 2.24) is 10.3 Å². The maximum atomic E-state index is 12.2. The molecular formula is C17H17N3O3S. The number of hydrogen-bond donors (Lipinski definition) is 2. The summed E-state index contributed by atoms with van der Waals surface area (Å²) in [5, 5.41) is 5.58. The third-order valence-corrected chi connectivity index (χ3v) is 5.85. The van der Waals surface area contributed by atoms with E-state index in [1.165, 1.54) is 29.5 Å². The normalized spacial score (nSPS) is 24.0. The van der Waals surface area contributed by atoms with Crippen molar-refractivity contribution in [1.29, 1.82) is 0 Å². The van der Waals surface area contributed by atoms with Crippen molar-refractivity contribution < 1.29 is 13.2 Å². The van der Waals surface area contributed by atoms with Crippen LogP contribution in [0.3, 0.4) is 0 Å². The highest BCUT2D eigenvalue weighted by atomic mass is 32.2. The van der Waals surface area contributed by atoms with Gasteiger partial charge in [0.05, 0.1) is 4.90 Å². The Labute approximate surface area is 140 Å². The van der Waals surface area contributed by atoms with Crippen LogP contribution in [0.25, 0.3) is 0 Å². The lowest BCUT2D eigenvalue weighted by Gasteiger charge is -2.10. The minimum atomic E-state index is -3.33. The lowest BCUT2D eigenvalue weighted by molar-refractivity contribution is 0.251. The minimum absolute atomic E-state index is 0.130. The minimum Gasteiger partial charge on any atom is -0.334 e. The van der Waals surface area contributed by atoms with Crippen molar-refractivity contribution in [2.24, 2.45) is 5.92 Å². The Hall–Kier alpha value is -2.41. The SMILES string of the molecule is CS(=O)(=O)c1ccnc(NC(=O)N[C@@H]2[C@H]3Cc4ccccc4[C@H]32)c1. The van der Waals surface area contributed by atoms with E-state index in [9.17, 15) is 13.2 Å². The Bertz CT molecular complexity index is 926. The van der Waals surface area contributed by atoms with Gasteiger partial charge in [-0.15, -0.1) is 0 Å². The molecule has 1 aromatic heterocycles. The van der Waals surface area contributed by atoms with Crippen LogP contribution in [0, 0.1) is 5.92 Å². The summed E-state index contributed by atoms with van der Waals surface area (Å²) < 4.78 is 23.1. The first-order valence-corrected chi connectivity index (χ1v) is 9.64. The molecule has 1 heterocycles. The first-order chi connectivity index (χ1) is 11.4. The number of nitrogens with zero attached hydrogens (tertiary/aromatic N) is 1. The number of pyridine rings is 1. The number of benzene rings is 1. The average molecular weight is 343 g/mol. The zero-order chi connectivity index (χ0) is 16.9. The van der Waals surface area contributed by atoms with E-state index in [0.29, 0.717) is 11.8 Å². The lowest BCUT2D eigenvalue weighted by atomic mass is 10.1. The zero-order valence-corrected chi connectivity index (χ0v) is 13.9. The number of urea groups is 1. The second-order valence-corrected chi connectivity index (χ2v) is 8.38. The Kier molecular flexibility index (Phi) is 3.35. The van der Waals surface area contributed by atoms with E-state index in [-0.39, 0.29) is 22.8 Å². The number of fused-ring (bicyclic) bond motifs is 3. The summed E-state index contributed by atoms with van der Waals surface area (Å²) in [6, 6.07) is 10.9. The van der Waals surface area contributed by atoms with E-state index in [1.807, 2.05) is 12.1 Å². The predicted molar refractivity (Wildman–Crippen MR) is 89.7 cm³/mol. The fourth-order valence-corrected chi connectivity index (χ4v) is 4.20. The Morgan fingerprint density at radius 2 is 2.04 bits per heavy atom. The van der Waals surface area contributed by atoms with Crippen LogP contribution < -0.4 is 10.6 Å². The molecule has 124 valence electrons. The summed E-state index contributed by atoms with van der Waals surface area (Å²) in [6.45, 7) is 0. The van der Waals surface area contributed by atoms with Gasteiger partial charge in [0.15, 0.2) is 9.84 Å². The van der Waals surface area contributed by atoms with Gasteiger partial charge in [-0.3, -0.25) is 5.32 Å². The van der Waals surface area contributed by atoms with E-state index < -0.39 is 9.84 Å². The van der Waals surface area contributed by atoms with Crippen molar-refractivity contribution in [2.45, 2.75) is 23.3 Å². The molecule has 1 aromatic carbocycles. The fourth-order valence-electron chi connectivity index (χ4n) is 3.56. The van der Waals surface area contributed by atoms with Gasteiger partial charge in [-0.1, -0.05) is 24.3 Å². The summed E-state index contributed by atoms with van der Waals surface area (Å²) in [7, 11) is -3.33. The molecule has 2 amide bonds. The van der Waals surface area contributed by atoms with Gasteiger partial charge in [-0.2, -0.15) is 0 Å². The summed E-state index contributed by atoms with van der Waals surface area (Å²) in [4.78, 5) is 16.3. The first-order valence-electron chi connectivity index (χ1n) is 7.75. The molecule has 0 aliphatic heterocycles. The maximum Gasteiger partial charge on any atom is 0.320 e. The van der Waals surface area contributed by atoms with Gasteiger partial charge >= 0.3 is 6.03 Å². The number of aromatic nitrogens is 1. The van der Waals surface area contributed by atoms with E-state index in [0.717, 1.165) is 12.7 Å². The number of amides is 2. The van der Waals surface area contributed by atoms with Gasteiger partial charge < -0.3 is 5.32 Å². The lowest BCUT2D eigenvalue weighted by Crippen LogP contribution is -2.33. The topological polar surface area (TPSA) is 88.2 Å². The quantitative estimate of drug-likeness (QED) is 0.891. The molecule has 2 aliphatic carbocycles. The number of rotatable bonds is 3. The fraction of sp³-hybridized carbons (Fsp3) is 0.294. The average Bonchev–Trinajstić information content (AvgIpc) is 3.04. The Morgan fingerprint density at radius 3 is 2.83 bits per heavy atom. The van der Waals surface area contributed by atoms with Crippen LogP contribution in [0.4, 0.5) is 10.6 Å². The molecule has 1 saturated carbocycles.